The highest BCUT2D eigenvalue weighted by Gasteiger charge is 2.37. The van der Waals surface area contributed by atoms with Crippen LogP contribution in [0.3, 0.4) is 0 Å². The third-order valence-electron chi connectivity index (χ3n) is 5.97. The van der Waals surface area contributed by atoms with Crippen molar-refractivity contribution < 1.29 is 0 Å². The van der Waals surface area contributed by atoms with Crippen molar-refractivity contribution in [1.82, 2.24) is 10.2 Å². The zero-order valence-electron chi connectivity index (χ0n) is 12.1. The fourth-order valence-electron chi connectivity index (χ4n) is 4.47. The van der Waals surface area contributed by atoms with Crippen molar-refractivity contribution in [3.8, 4) is 0 Å². The fourth-order valence-corrected chi connectivity index (χ4v) is 4.47. The van der Waals surface area contributed by atoms with Crippen LogP contribution in [0.25, 0.3) is 0 Å². The largest absolute Gasteiger partial charge is 0.312 e. The van der Waals surface area contributed by atoms with Gasteiger partial charge in [0.1, 0.15) is 0 Å². The van der Waals surface area contributed by atoms with Gasteiger partial charge in [0, 0.05) is 12.6 Å². The van der Waals surface area contributed by atoms with Gasteiger partial charge in [0.15, 0.2) is 0 Å². The number of hydrogen-bond donors (Lipinski definition) is 1. The lowest BCUT2D eigenvalue weighted by atomic mass is 9.77. The Bertz CT molecular complexity index is 260. The quantitative estimate of drug-likeness (QED) is 0.810. The minimum atomic E-state index is 0.761. The summed E-state index contributed by atoms with van der Waals surface area (Å²) in [6.07, 6.45) is 11.8. The summed E-state index contributed by atoms with van der Waals surface area (Å²) in [5.74, 6) is 0.876. The molecule has 3 aliphatic rings. The molecule has 2 aliphatic heterocycles. The van der Waals surface area contributed by atoms with E-state index in [9.17, 15) is 0 Å². The van der Waals surface area contributed by atoms with Crippen LogP contribution in [-0.2, 0) is 0 Å². The Morgan fingerprint density at radius 1 is 1.06 bits per heavy atom. The highest BCUT2D eigenvalue weighted by molar-refractivity contribution is 4.91. The molecule has 2 saturated heterocycles. The summed E-state index contributed by atoms with van der Waals surface area (Å²) in [6.45, 7) is 7.71. The van der Waals surface area contributed by atoms with Crippen LogP contribution in [0.2, 0.25) is 0 Å². The van der Waals surface area contributed by atoms with Gasteiger partial charge in [0.2, 0.25) is 0 Å². The van der Waals surface area contributed by atoms with Crippen molar-refractivity contribution in [3.63, 3.8) is 0 Å². The summed E-state index contributed by atoms with van der Waals surface area (Å²) in [7, 11) is 0. The zero-order valence-corrected chi connectivity index (χ0v) is 12.1. The van der Waals surface area contributed by atoms with Gasteiger partial charge in [-0.2, -0.15) is 0 Å². The molecule has 0 aromatic heterocycles. The van der Waals surface area contributed by atoms with E-state index in [4.69, 9.17) is 0 Å². The molecule has 2 nitrogen and oxygen atoms in total. The van der Waals surface area contributed by atoms with Gasteiger partial charge in [-0.15, -0.1) is 0 Å². The molecule has 2 heterocycles. The van der Waals surface area contributed by atoms with E-state index in [0.717, 1.165) is 17.4 Å². The van der Waals surface area contributed by atoms with Crippen LogP contribution in [0.5, 0.6) is 0 Å². The van der Waals surface area contributed by atoms with Gasteiger partial charge in [-0.3, -0.25) is 0 Å². The first-order valence-corrected chi connectivity index (χ1v) is 8.23. The Hall–Kier alpha value is -0.0800. The second kappa shape index (κ2) is 5.50. The van der Waals surface area contributed by atoms with E-state index in [1.54, 1.807) is 0 Å². The SMILES string of the molecule is CC1CCCNC1CN1CCC2(CCCC2)CC1. The number of hydrogen-bond acceptors (Lipinski definition) is 2. The maximum absolute atomic E-state index is 3.74. The smallest absolute Gasteiger partial charge is 0.0220 e. The van der Waals surface area contributed by atoms with E-state index in [1.165, 1.54) is 77.5 Å². The van der Waals surface area contributed by atoms with Crippen LogP contribution in [0, 0.1) is 11.3 Å². The van der Waals surface area contributed by atoms with Crippen LogP contribution in [0.15, 0.2) is 0 Å². The second-order valence-electron chi connectivity index (χ2n) is 7.19. The monoisotopic (exact) mass is 250 g/mol. The molecule has 2 atom stereocenters. The van der Waals surface area contributed by atoms with E-state index >= 15 is 0 Å². The molecule has 18 heavy (non-hydrogen) atoms. The average molecular weight is 250 g/mol. The van der Waals surface area contributed by atoms with Crippen LogP contribution in [0.4, 0.5) is 0 Å². The van der Waals surface area contributed by atoms with E-state index in [-0.39, 0.29) is 0 Å². The van der Waals surface area contributed by atoms with Gasteiger partial charge in [0.25, 0.3) is 0 Å². The second-order valence-corrected chi connectivity index (χ2v) is 7.19. The molecule has 0 radical (unpaired) electrons. The van der Waals surface area contributed by atoms with Crippen molar-refractivity contribution in [3.05, 3.63) is 0 Å². The van der Waals surface area contributed by atoms with Gasteiger partial charge in [-0.1, -0.05) is 19.8 Å². The van der Waals surface area contributed by atoms with Gasteiger partial charge >= 0.3 is 0 Å². The van der Waals surface area contributed by atoms with Gasteiger partial charge in [-0.25, -0.2) is 0 Å². The van der Waals surface area contributed by atoms with E-state index in [2.05, 4.69) is 17.1 Å². The Morgan fingerprint density at radius 2 is 1.78 bits per heavy atom. The first kappa shape index (κ1) is 12.9. The molecule has 0 aromatic carbocycles. The van der Waals surface area contributed by atoms with Crippen molar-refractivity contribution >= 4 is 0 Å². The molecule has 1 aliphatic carbocycles. The maximum Gasteiger partial charge on any atom is 0.0220 e. The lowest BCUT2D eigenvalue weighted by molar-refractivity contribution is 0.0897. The molecule has 0 amide bonds. The van der Waals surface area contributed by atoms with Crippen LogP contribution >= 0.6 is 0 Å². The molecule has 104 valence electrons. The number of nitrogens with zero attached hydrogens (tertiary/aromatic N) is 1. The molecule has 3 fully saturated rings. The normalized spacial score (nSPS) is 37.2. The number of likely N-dealkylation sites (tertiary alicyclic amines) is 1. The molecule has 3 rings (SSSR count). The third-order valence-corrected chi connectivity index (χ3v) is 5.97. The van der Waals surface area contributed by atoms with Crippen LogP contribution < -0.4 is 5.32 Å². The van der Waals surface area contributed by atoms with E-state index in [1.807, 2.05) is 0 Å². The van der Waals surface area contributed by atoms with Crippen molar-refractivity contribution in [2.45, 2.75) is 64.3 Å². The predicted octanol–water partition coefficient (Wildman–Crippen LogP) is 3.03. The summed E-state index contributed by atoms with van der Waals surface area (Å²) in [4.78, 5) is 2.74. The molecule has 2 unspecified atom stereocenters. The van der Waals surface area contributed by atoms with Gasteiger partial charge in [0.05, 0.1) is 0 Å². The topological polar surface area (TPSA) is 15.3 Å². The molecule has 1 saturated carbocycles. The molecule has 1 N–H and O–H groups in total. The number of piperidine rings is 2. The Labute approximate surface area is 113 Å². The molecular weight excluding hydrogens is 220 g/mol. The highest BCUT2D eigenvalue weighted by atomic mass is 15.2. The first-order valence-electron chi connectivity index (χ1n) is 8.23. The first-order chi connectivity index (χ1) is 8.77. The summed E-state index contributed by atoms with van der Waals surface area (Å²) >= 11 is 0. The minimum Gasteiger partial charge on any atom is -0.312 e. The average Bonchev–Trinajstić information content (AvgIpc) is 2.84. The summed E-state index contributed by atoms with van der Waals surface area (Å²) in [6, 6.07) is 0.761. The molecule has 1 spiro atoms. The predicted molar refractivity (Wildman–Crippen MR) is 76.8 cm³/mol. The zero-order chi connectivity index (χ0) is 12.4. The molecule has 2 heteroatoms. The van der Waals surface area contributed by atoms with Crippen LogP contribution in [-0.4, -0.2) is 37.1 Å². The minimum absolute atomic E-state index is 0.761. The maximum atomic E-state index is 3.74. The Balaban J connectivity index is 1.47. The third kappa shape index (κ3) is 2.75. The lowest BCUT2D eigenvalue weighted by Crippen LogP contribution is -2.50. The molecule has 0 aromatic rings. The van der Waals surface area contributed by atoms with Crippen molar-refractivity contribution in [1.29, 1.82) is 0 Å². The highest BCUT2D eigenvalue weighted by Crippen LogP contribution is 2.46. The molecule has 0 bridgehead atoms. The summed E-state index contributed by atoms with van der Waals surface area (Å²) in [5.41, 5.74) is 0.780. The lowest BCUT2D eigenvalue weighted by Gasteiger charge is -2.42. The van der Waals surface area contributed by atoms with E-state index < -0.39 is 0 Å². The van der Waals surface area contributed by atoms with E-state index in [0.29, 0.717) is 0 Å². The summed E-state index contributed by atoms with van der Waals surface area (Å²) < 4.78 is 0. The standard InChI is InChI=1S/C16H30N2/c1-14-5-4-10-17-15(14)13-18-11-8-16(9-12-18)6-2-3-7-16/h14-15,17H,2-13H2,1H3. The fraction of sp³-hybridized carbons (Fsp3) is 1.00. The summed E-state index contributed by atoms with van der Waals surface area (Å²) in [5, 5.41) is 3.74. The number of nitrogens with one attached hydrogen (secondary N) is 1. The van der Waals surface area contributed by atoms with Gasteiger partial charge in [-0.05, 0) is 69.5 Å². The number of rotatable bonds is 2. The Kier molecular flexibility index (Phi) is 3.95. The van der Waals surface area contributed by atoms with Crippen LogP contribution in [0.1, 0.15) is 58.3 Å². The van der Waals surface area contributed by atoms with Crippen molar-refractivity contribution in [2.75, 3.05) is 26.2 Å². The Morgan fingerprint density at radius 3 is 2.44 bits per heavy atom. The van der Waals surface area contributed by atoms with Gasteiger partial charge < -0.3 is 10.2 Å². The molecular formula is C16H30N2. The van der Waals surface area contributed by atoms with Crippen molar-refractivity contribution in [2.24, 2.45) is 11.3 Å².